The Hall–Kier alpha value is -1.20. The molecular formula is C14H13BrFNOS. The van der Waals surface area contributed by atoms with Gasteiger partial charge in [0.15, 0.2) is 0 Å². The lowest BCUT2D eigenvalue weighted by Gasteiger charge is -2.08. The molecule has 5 heteroatoms. The van der Waals surface area contributed by atoms with Crippen molar-refractivity contribution in [2.24, 2.45) is 0 Å². The maximum Gasteiger partial charge on any atom is 0.123 e. The summed E-state index contributed by atoms with van der Waals surface area (Å²) < 4.78 is 19.2. The number of hydrogen-bond acceptors (Lipinski definition) is 3. The highest BCUT2D eigenvalue weighted by molar-refractivity contribution is 9.10. The van der Waals surface area contributed by atoms with Gasteiger partial charge in [-0.3, -0.25) is 0 Å². The van der Waals surface area contributed by atoms with Crippen molar-refractivity contribution in [3.8, 4) is 5.75 Å². The van der Waals surface area contributed by atoms with Crippen LogP contribution in [0.2, 0.25) is 0 Å². The second-order valence-corrected chi connectivity index (χ2v) is 5.89. The topological polar surface area (TPSA) is 35.2 Å². The fourth-order valence-electron chi connectivity index (χ4n) is 1.48. The van der Waals surface area contributed by atoms with Gasteiger partial charge in [-0.1, -0.05) is 15.9 Å². The number of halogens is 2. The molecule has 0 heterocycles. The van der Waals surface area contributed by atoms with Crippen LogP contribution in [0.3, 0.4) is 0 Å². The summed E-state index contributed by atoms with van der Waals surface area (Å²) in [7, 11) is 0. The highest BCUT2D eigenvalue weighted by Gasteiger charge is 2.01. The second kappa shape index (κ2) is 6.82. The molecule has 2 nitrogen and oxygen atoms in total. The van der Waals surface area contributed by atoms with Crippen LogP contribution in [0.5, 0.6) is 5.75 Å². The fraction of sp³-hybridized carbons (Fsp3) is 0.143. The lowest BCUT2D eigenvalue weighted by atomic mass is 10.3. The molecule has 2 rings (SSSR count). The van der Waals surface area contributed by atoms with Crippen molar-refractivity contribution in [2.45, 2.75) is 4.90 Å². The first-order valence-corrected chi connectivity index (χ1v) is 7.49. The van der Waals surface area contributed by atoms with Crippen molar-refractivity contribution >= 4 is 33.4 Å². The van der Waals surface area contributed by atoms with E-state index < -0.39 is 0 Å². The zero-order valence-electron chi connectivity index (χ0n) is 10.1. The Balaban J connectivity index is 1.80. The first kappa shape index (κ1) is 14.2. The van der Waals surface area contributed by atoms with Crippen LogP contribution in [0.4, 0.5) is 10.1 Å². The molecule has 0 amide bonds. The number of nitrogens with two attached hydrogens (primary N) is 1. The Morgan fingerprint density at radius 1 is 1.16 bits per heavy atom. The molecule has 2 aromatic rings. The predicted molar refractivity (Wildman–Crippen MR) is 81.2 cm³/mol. The molecule has 0 aliphatic carbocycles. The number of anilines is 1. The van der Waals surface area contributed by atoms with Gasteiger partial charge in [0.1, 0.15) is 11.6 Å². The number of nitrogen functional groups attached to an aromatic ring is 1. The van der Waals surface area contributed by atoms with E-state index in [1.807, 2.05) is 18.2 Å². The molecule has 0 aliphatic rings. The monoisotopic (exact) mass is 341 g/mol. The Bertz CT molecular complexity index is 548. The van der Waals surface area contributed by atoms with E-state index in [0.29, 0.717) is 12.4 Å². The van der Waals surface area contributed by atoms with Crippen LogP contribution in [-0.4, -0.2) is 12.4 Å². The van der Waals surface area contributed by atoms with E-state index in [1.54, 1.807) is 23.9 Å². The van der Waals surface area contributed by atoms with Crippen molar-refractivity contribution < 1.29 is 9.13 Å². The quantitative estimate of drug-likeness (QED) is 0.499. The lowest BCUT2D eigenvalue weighted by Crippen LogP contribution is -2.00. The molecule has 0 spiro atoms. The van der Waals surface area contributed by atoms with E-state index in [1.165, 1.54) is 12.1 Å². The zero-order valence-corrected chi connectivity index (χ0v) is 12.5. The lowest BCUT2D eigenvalue weighted by molar-refractivity contribution is 0.343. The maximum atomic E-state index is 12.7. The van der Waals surface area contributed by atoms with Crippen LogP contribution in [0, 0.1) is 5.82 Å². The Morgan fingerprint density at radius 3 is 2.63 bits per heavy atom. The maximum absolute atomic E-state index is 12.7. The normalized spacial score (nSPS) is 10.4. The number of rotatable bonds is 5. The molecule has 0 aromatic heterocycles. The second-order valence-electron chi connectivity index (χ2n) is 3.83. The molecule has 0 saturated heterocycles. The zero-order chi connectivity index (χ0) is 13.7. The molecule has 19 heavy (non-hydrogen) atoms. The molecule has 0 atom stereocenters. The van der Waals surface area contributed by atoms with Crippen molar-refractivity contribution in [3.05, 3.63) is 52.8 Å². The van der Waals surface area contributed by atoms with Gasteiger partial charge in [-0.15, -0.1) is 11.8 Å². The minimum absolute atomic E-state index is 0.261. The van der Waals surface area contributed by atoms with Gasteiger partial charge >= 0.3 is 0 Å². The molecule has 0 unspecified atom stereocenters. The van der Waals surface area contributed by atoms with Gasteiger partial charge in [-0.25, -0.2) is 4.39 Å². The van der Waals surface area contributed by atoms with Gasteiger partial charge in [0.2, 0.25) is 0 Å². The Kier molecular flexibility index (Phi) is 5.10. The van der Waals surface area contributed by atoms with Crippen molar-refractivity contribution in [1.82, 2.24) is 0 Å². The predicted octanol–water partition coefficient (Wildman–Crippen LogP) is 4.34. The third kappa shape index (κ3) is 4.44. The molecule has 2 N–H and O–H groups in total. The first-order chi connectivity index (χ1) is 9.15. The first-order valence-electron chi connectivity index (χ1n) is 5.71. The van der Waals surface area contributed by atoms with E-state index >= 15 is 0 Å². The minimum Gasteiger partial charge on any atom is -0.493 e. The summed E-state index contributed by atoms with van der Waals surface area (Å²) in [5.74, 6) is 1.19. The highest BCUT2D eigenvalue weighted by atomic mass is 79.9. The van der Waals surface area contributed by atoms with Crippen molar-refractivity contribution in [1.29, 1.82) is 0 Å². The van der Waals surface area contributed by atoms with Crippen LogP contribution in [0.15, 0.2) is 51.8 Å². The number of thioether (sulfide) groups is 1. The van der Waals surface area contributed by atoms with Crippen LogP contribution in [-0.2, 0) is 0 Å². The number of hydrogen-bond donors (Lipinski definition) is 1. The van der Waals surface area contributed by atoms with Crippen molar-refractivity contribution in [2.75, 3.05) is 18.1 Å². The third-order valence-corrected chi connectivity index (χ3v) is 3.93. The summed E-state index contributed by atoms with van der Waals surface area (Å²) in [6.45, 7) is 0.544. The summed E-state index contributed by atoms with van der Waals surface area (Å²) in [6, 6.07) is 11.8. The highest BCUT2D eigenvalue weighted by Crippen LogP contribution is 2.28. The van der Waals surface area contributed by atoms with Crippen molar-refractivity contribution in [3.63, 3.8) is 0 Å². The smallest absolute Gasteiger partial charge is 0.123 e. The SMILES string of the molecule is Nc1ccc(Br)cc1SCCOc1ccc(F)cc1. The van der Waals surface area contributed by atoms with Crippen LogP contribution < -0.4 is 10.5 Å². The summed E-state index contributed by atoms with van der Waals surface area (Å²) in [5, 5.41) is 0. The summed E-state index contributed by atoms with van der Waals surface area (Å²) in [4.78, 5) is 1.03. The average molecular weight is 342 g/mol. The standard InChI is InChI=1S/C14H13BrFNOS/c15-10-1-6-13(17)14(9-10)19-8-7-18-12-4-2-11(16)3-5-12/h1-6,9H,7-8,17H2. The van der Waals surface area contributed by atoms with Crippen LogP contribution in [0.25, 0.3) is 0 Å². The molecule has 0 aliphatic heterocycles. The van der Waals surface area contributed by atoms with Gasteiger partial charge in [-0.05, 0) is 42.5 Å². The van der Waals surface area contributed by atoms with E-state index in [4.69, 9.17) is 10.5 Å². The molecular weight excluding hydrogens is 329 g/mol. The summed E-state index contributed by atoms with van der Waals surface area (Å²) in [6.07, 6.45) is 0. The van der Waals surface area contributed by atoms with E-state index in [-0.39, 0.29) is 5.82 Å². The van der Waals surface area contributed by atoms with Gasteiger partial charge in [0, 0.05) is 20.8 Å². The van der Waals surface area contributed by atoms with Gasteiger partial charge < -0.3 is 10.5 Å². The van der Waals surface area contributed by atoms with E-state index in [9.17, 15) is 4.39 Å². The van der Waals surface area contributed by atoms with Crippen LogP contribution >= 0.6 is 27.7 Å². The molecule has 0 fully saturated rings. The minimum atomic E-state index is -0.261. The molecule has 0 saturated carbocycles. The number of ether oxygens (including phenoxy) is 1. The average Bonchev–Trinajstić information content (AvgIpc) is 2.40. The Labute approximate surface area is 124 Å². The largest absolute Gasteiger partial charge is 0.493 e. The molecule has 0 radical (unpaired) electrons. The van der Waals surface area contributed by atoms with Gasteiger partial charge in [0.05, 0.1) is 6.61 Å². The van der Waals surface area contributed by atoms with Gasteiger partial charge in [0.25, 0.3) is 0 Å². The van der Waals surface area contributed by atoms with E-state index in [2.05, 4.69) is 15.9 Å². The summed E-state index contributed by atoms with van der Waals surface area (Å²) >= 11 is 5.04. The van der Waals surface area contributed by atoms with Gasteiger partial charge in [-0.2, -0.15) is 0 Å². The number of benzene rings is 2. The van der Waals surface area contributed by atoms with Crippen LogP contribution in [0.1, 0.15) is 0 Å². The Morgan fingerprint density at radius 2 is 1.89 bits per heavy atom. The summed E-state index contributed by atoms with van der Waals surface area (Å²) in [5.41, 5.74) is 6.63. The third-order valence-electron chi connectivity index (χ3n) is 2.40. The fourth-order valence-corrected chi connectivity index (χ4v) is 2.82. The molecule has 0 bridgehead atoms. The van der Waals surface area contributed by atoms with E-state index in [0.717, 1.165) is 20.8 Å². The molecule has 100 valence electrons. The molecule has 2 aromatic carbocycles.